The minimum absolute atomic E-state index is 0.0238. The van der Waals surface area contributed by atoms with Gasteiger partial charge in [-0.25, -0.2) is 0 Å². The van der Waals surface area contributed by atoms with Gasteiger partial charge < -0.3 is 9.64 Å². The largest absolute Gasteiger partial charge is 0.346 e. The molecule has 0 aromatic rings. The van der Waals surface area contributed by atoms with Crippen LogP contribution in [0.2, 0.25) is 0 Å². The maximum Gasteiger partial charge on any atom is 0.168 e. The molecule has 8 heteroatoms. The smallest absolute Gasteiger partial charge is 0.168 e. The summed E-state index contributed by atoms with van der Waals surface area (Å²) in [5, 5.41) is 7.23. The molecular formula is C24H41N7O. The quantitative estimate of drug-likeness (QED) is 0.685. The highest BCUT2D eigenvalue weighted by Crippen LogP contribution is 2.23. The third-order valence-electron chi connectivity index (χ3n) is 7.81. The molecule has 5 aliphatic rings. The monoisotopic (exact) mass is 443 g/mol. The Morgan fingerprint density at radius 1 is 1.03 bits per heavy atom. The Kier molecular flexibility index (Phi) is 7.67. The fourth-order valence-electron chi connectivity index (χ4n) is 5.96. The highest BCUT2D eigenvalue weighted by atomic mass is 16.5. The number of ether oxygens (including phenoxy) is 1. The number of nitrogens with one attached hydrogen (secondary N) is 2. The number of hydrogen-bond acceptors (Lipinski definition) is 8. The lowest BCUT2D eigenvalue weighted by Crippen LogP contribution is -2.51. The van der Waals surface area contributed by atoms with Crippen LogP contribution >= 0.6 is 0 Å². The van der Waals surface area contributed by atoms with Crippen LogP contribution in [-0.2, 0) is 4.74 Å². The molecule has 0 aliphatic carbocycles. The Balaban J connectivity index is 1.21. The third kappa shape index (κ3) is 5.32. The zero-order valence-electron chi connectivity index (χ0n) is 19.7. The predicted molar refractivity (Wildman–Crippen MR) is 129 cm³/mol. The lowest BCUT2D eigenvalue weighted by atomic mass is 10.0. The predicted octanol–water partition coefficient (Wildman–Crippen LogP) is 1.26. The molecule has 0 bridgehead atoms. The van der Waals surface area contributed by atoms with Gasteiger partial charge in [-0.05, 0) is 57.7 Å². The first-order chi connectivity index (χ1) is 15.8. The molecule has 5 atom stereocenters. The lowest BCUT2D eigenvalue weighted by molar-refractivity contribution is -0.0742. The molecule has 0 radical (unpaired) electrons. The first kappa shape index (κ1) is 22.6. The van der Waals surface area contributed by atoms with Gasteiger partial charge in [0, 0.05) is 44.7 Å². The van der Waals surface area contributed by atoms with Crippen LogP contribution in [-0.4, -0.2) is 110 Å². The van der Waals surface area contributed by atoms with E-state index < -0.39 is 0 Å². The van der Waals surface area contributed by atoms with Crippen molar-refractivity contribution < 1.29 is 4.74 Å². The fourth-order valence-corrected chi connectivity index (χ4v) is 5.96. The van der Waals surface area contributed by atoms with Gasteiger partial charge >= 0.3 is 0 Å². The van der Waals surface area contributed by atoms with E-state index in [1.54, 1.807) is 0 Å². The summed E-state index contributed by atoms with van der Waals surface area (Å²) in [5.41, 5.74) is 1.26. The molecule has 0 aromatic carbocycles. The molecule has 3 fully saturated rings. The maximum absolute atomic E-state index is 6.41. The summed E-state index contributed by atoms with van der Waals surface area (Å²) in [5.74, 6) is 0. The normalized spacial score (nSPS) is 38.4. The second-order valence-electron chi connectivity index (χ2n) is 9.91. The second-order valence-corrected chi connectivity index (χ2v) is 9.91. The van der Waals surface area contributed by atoms with Crippen LogP contribution in [0.1, 0.15) is 45.4 Å². The van der Waals surface area contributed by atoms with Crippen LogP contribution in [0.25, 0.3) is 0 Å². The summed E-state index contributed by atoms with van der Waals surface area (Å²) in [6.45, 7) is 10.2. The van der Waals surface area contributed by atoms with Gasteiger partial charge in [0.15, 0.2) is 6.35 Å². The summed E-state index contributed by atoms with van der Waals surface area (Å²) in [4.78, 5) is 17.0. The average molecular weight is 444 g/mol. The van der Waals surface area contributed by atoms with Gasteiger partial charge in [0.25, 0.3) is 0 Å². The highest BCUT2D eigenvalue weighted by Gasteiger charge is 2.35. The standard InChI is InChI=1S/C24H41N7O/c1-19-26-16-20(22-17-27-23-18-25-9-14-31(22)23)8-15-32-24(28-19)30-12-5-6-21(7-13-30)29-10-3-2-4-11-29/h8-9,16,19,21-24,27-28H,2-7,10-15,17-18H2,1H3. The van der Waals surface area contributed by atoms with E-state index in [1.165, 1.54) is 57.2 Å². The van der Waals surface area contributed by atoms with Crippen LogP contribution in [0.3, 0.4) is 0 Å². The molecule has 8 nitrogen and oxygen atoms in total. The number of likely N-dealkylation sites (tertiary alicyclic amines) is 2. The van der Waals surface area contributed by atoms with E-state index in [1.807, 2.05) is 6.21 Å². The van der Waals surface area contributed by atoms with E-state index in [-0.39, 0.29) is 12.5 Å². The van der Waals surface area contributed by atoms with Crippen molar-refractivity contribution >= 4 is 12.4 Å². The van der Waals surface area contributed by atoms with Crippen molar-refractivity contribution in [3.63, 3.8) is 0 Å². The Morgan fingerprint density at radius 2 is 1.91 bits per heavy atom. The van der Waals surface area contributed by atoms with E-state index in [2.05, 4.69) is 49.5 Å². The zero-order valence-corrected chi connectivity index (χ0v) is 19.7. The summed E-state index contributed by atoms with van der Waals surface area (Å²) in [6, 6.07) is 1.08. The van der Waals surface area contributed by atoms with Crippen LogP contribution in [0, 0.1) is 0 Å². The molecule has 5 aliphatic heterocycles. The number of aliphatic imine (C=N–C) groups is 2. The van der Waals surface area contributed by atoms with Crippen molar-refractivity contribution in [1.82, 2.24) is 25.3 Å². The molecule has 178 valence electrons. The molecule has 2 N–H and O–H groups in total. The van der Waals surface area contributed by atoms with Gasteiger partial charge in [0.2, 0.25) is 0 Å². The van der Waals surface area contributed by atoms with Gasteiger partial charge in [0.05, 0.1) is 31.5 Å². The molecule has 0 aromatic heterocycles. The molecule has 0 spiro atoms. The van der Waals surface area contributed by atoms with Gasteiger partial charge in [-0.1, -0.05) is 12.5 Å². The number of nitrogens with zero attached hydrogens (tertiary/aromatic N) is 5. The molecule has 0 saturated carbocycles. The van der Waals surface area contributed by atoms with E-state index in [4.69, 9.17) is 9.73 Å². The Morgan fingerprint density at radius 3 is 2.81 bits per heavy atom. The first-order valence-corrected chi connectivity index (χ1v) is 12.8. The molecule has 3 saturated heterocycles. The summed E-state index contributed by atoms with van der Waals surface area (Å²) < 4.78 is 6.41. The van der Waals surface area contributed by atoms with Crippen LogP contribution in [0.4, 0.5) is 0 Å². The van der Waals surface area contributed by atoms with Gasteiger partial charge in [-0.3, -0.25) is 30.4 Å². The molecular weight excluding hydrogens is 402 g/mol. The zero-order chi connectivity index (χ0) is 21.8. The molecule has 0 amide bonds. The van der Waals surface area contributed by atoms with E-state index in [9.17, 15) is 0 Å². The molecule has 32 heavy (non-hydrogen) atoms. The van der Waals surface area contributed by atoms with Crippen molar-refractivity contribution in [2.75, 3.05) is 52.4 Å². The minimum Gasteiger partial charge on any atom is -0.346 e. The van der Waals surface area contributed by atoms with E-state index >= 15 is 0 Å². The van der Waals surface area contributed by atoms with Crippen molar-refractivity contribution in [3.8, 4) is 0 Å². The van der Waals surface area contributed by atoms with Gasteiger partial charge in [-0.15, -0.1) is 0 Å². The number of rotatable bonds is 3. The third-order valence-corrected chi connectivity index (χ3v) is 7.81. The van der Waals surface area contributed by atoms with E-state index in [0.29, 0.717) is 18.8 Å². The molecule has 5 heterocycles. The van der Waals surface area contributed by atoms with Crippen molar-refractivity contribution in [3.05, 3.63) is 11.6 Å². The minimum atomic E-state index is -0.0746. The average Bonchev–Trinajstić information content (AvgIpc) is 3.14. The van der Waals surface area contributed by atoms with Crippen molar-refractivity contribution in [1.29, 1.82) is 0 Å². The number of piperidine rings is 1. The van der Waals surface area contributed by atoms with Gasteiger partial charge in [0.1, 0.15) is 0 Å². The van der Waals surface area contributed by atoms with Crippen molar-refractivity contribution in [2.45, 2.75) is 76.2 Å². The highest BCUT2D eigenvalue weighted by molar-refractivity contribution is 5.81. The topological polar surface area (TPSA) is 67.7 Å². The van der Waals surface area contributed by atoms with Crippen LogP contribution < -0.4 is 10.6 Å². The summed E-state index contributed by atoms with van der Waals surface area (Å²) in [6.07, 6.45) is 14.6. The summed E-state index contributed by atoms with van der Waals surface area (Å²) in [7, 11) is 0. The SMILES string of the molecule is CC1N=CC(C2CNC3CN=CCN32)=CCOC(N2CCCC(N3CCCCC3)CC2)N1. The van der Waals surface area contributed by atoms with Crippen molar-refractivity contribution in [2.24, 2.45) is 9.98 Å². The maximum atomic E-state index is 6.41. The molecule has 5 rings (SSSR count). The fraction of sp³-hybridized carbons (Fsp3) is 0.833. The van der Waals surface area contributed by atoms with Crippen LogP contribution in [0.15, 0.2) is 21.6 Å². The Bertz CT molecular complexity index is 704. The summed E-state index contributed by atoms with van der Waals surface area (Å²) >= 11 is 0. The Labute approximate surface area is 193 Å². The molecule has 5 unspecified atom stereocenters. The number of hydrogen-bond donors (Lipinski definition) is 2. The number of fused-ring (bicyclic) bond motifs is 1. The van der Waals surface area contributed by atoms with E-state index in [0.717, 1.165) is 38.8 Å². The van der Waals surface area contributed by atoms with Gasteiger partial charge in [-0.2, -0.15) is 0 Å². The lowest BCUT2D eigenvalue weighted by Gasteiger charge is -2.35. The Hall–Kier alpha value is -1.16. The first-order valence-electron chi connectivity index (χ1n) is 12.8. The van der Waals surface area contributed by atoms with Crippen LogP contribution in [0.5, 0.6) is 0 Å². The second kappa shape index (κ2) is 10.8.